The van der Waals surface area contributed by atoms with Crippen molar-refractivity contribution in [2.45, 2.75) is 11.7 Å². The van der Waals surface area contributed by atoms with Gasteiger partial charge in [0.15, 0.2) is 5.16 Å². The Morgan fingerprint density at radius 3 is 3.06 bits per heavy atom. The van der Waals surface area contributed by atoms with Crippen molar-refractivity contribution in [1.29, 1.82) is 0 Å². The summed E-state index contributed by atoms with van der Waals surface area (Å²) in [7, 11) is 0. The molecule has 0 saturated carbocycles. The van der Waals surface area contributed by atoms with E-state index in [4.69, 9.17) is 10.8 Å². The summed E-state index contributed by atoms with van der Waals surface area (Å²) >= 11 is 2.72. The molecule has 3 N–H and O–H groups in total. The summed E-state index contributed by atoms with van der Waals surface area (Å²) in [6.45, 7) is 0.568. The average molecular weight is 270 g/mol. The second kappa shape index (κ2) is 5.19. The van der Waals surface area contributed by atoms with E-state index in [1.54, 1.807) is 15.9 Å². The number of aromatic nitrogens is 3. The van der Waals surface area contributed by atoms with E-state index in [9.17, 15) is 4.79 Å². The molecule has 0 aliphatic carbocycles. The number of hydrogen-bond acceptors (Lipinski definition) is 6. The van der Waals surface area contributed by atoms with Crippen LogP contribution in [0.5, 0.6) is 0 Å². The number of rotatable bonds is 5. The van der Waals surface area contributed by atoms with E-state index in [0.717, 1.165) is 16.6 Å². The quantitative estimate of drug-likeness (QED) is 0.791. The highest BCUT2D eigenvalue weighted by Crippen LogP contribution is 2.20. The molecular formula is C9H10N4O2S2. The molecule has 0 aliphatic rings. The third kappa shape index (κ3) is 2.98. The van der Waals surface area contributed by atoms with E-state index < -0.39 is 5.97 Å². The van der Waals surface area contributed by atoms with Gasteiger partial charge in [-0.15, -0.1) is 21.5 Å². The molecule has 17 heavy (non-hydrogen) atoms. The largest absolute Gasteiger partial charge is 0.481 e. The van der Waals surface area contributed by atoms with Crippen molar-refractivity contribution < 1.29 is 9.90 Å². The second-order valence-corrected chi connectivity index (χ2v) is 5.16. The lowest BCUT2D eigenvalue weighted by molar-refractivity contribution is -0.133. The molecule has 2 heterocycles. The molecule has 90 valence electrons. The van der Waals surface area contributed by atoms with E-state index in [0.29, 0.717) is 17.6 Å². The van der Waals surface area contributed by atoms with Gasteiger partial charge in [0.2, 0.25) is 5.95 Å². The molecule has 0 fully saturated rings. The molecule has 0 unspecified atom stereocenters. The third-order valence-electron chi connectivity index (χ3n) is 1.96. The molecule has 2 aromatic heterocycles. The van der Waals surface area contributed by atoms with Gasteiger partial charge < -0.3 is 10.8 Å². The minimum atomic E-state index is -0.890. The number of thioether (sulfide) groups is 1. The standard InChI is InChI=1S/C9H10N4O2S2/c10-8-11-12-9(17-5-7(14)15)13(8)4-6-2-1-3-16-6/h1-3H,4-5H2,(H2,10,11)(H,14,15). The lowest BCUT2D eigenvalue weighted by Gasteiger charge is -2.05. The van der Waals surface area contributed by atoms with Gasteiger partial charge in [0.05, 0.1) is 12.3 Å². The van der Waals surface area contributed by atoms with Gasteiger partial charge in [0.25, 0.3) is 0 Å². The van der Waals surface area contributed by atoms with Crippen LogP contribution in [0.25, 0.3) is 0 Å². The van der Waals surface area contributed by atoms with Crippen LogP contribution < -0.4 is 5.73 Å². The molecule has 6 nitrogen and oxygen atoms in total. The summed E-state index contributed by atoms with van der Waals surface area (Å²) in [6.07, 6.45) is 0. The minimum absolute atomic E-state index is 0.0530. The van der Waals surface area contributed by atoms with Crippen LogP contribution in [0.4, 0.5) is 5.95 Å². The topological polar surface area (TPSA) is 94.0 Å². The molecule has 0 saturated heterocycles. The zero-order chi connectivity index (χ0) is 12.3. The smallest absolute Gasteiger partial charge is 0.313 e. The Hall–Kier alpha value is -1.54. The Morgan fingerprint density at radius 2 is 2.41 bits per heavy atom. The molecule has 8 heteroatoms. The van der Waals surface area contributed by atoms with Gasteiger partial charge in [-0.1, -0.05) is 17.8 Å². The number of nitrogens with two attached hydrogens (primary N) is 1. The fourth-order valence-corrected chi connectivity index (χ4v) is 2.60. The molecule has 2 rings (SSSR count). The van der Waals surface area contributed by atoms with Crippen LogP contribution in [0.15, 0.2) is 22.7 Å². The van der Waals surface area contributed by atoms with Crippen LogP contribution in [0, 0.1) is 0 Å². The summed E-state index contributed by atoms with van der Waals surface area (Å²) in [5.41, 5.74) is 5.70. The van der Waals surface area contributed by atoms with Gasteiger partial charge in [0, 0.05) is 4.88 Å². The molecule has 0 atom stereocenters. The predicted octanol–water partition coefficient (Wildman–Crippen LogP) is 1.15. The minimum Gasteiger partial charge on any atom is -0.481 e. The highest BCUT2D eigenvalue weighted by atomic mass is 32.2. The maximum Gasteiger partial charge on any atom is 0.313 e. The average Bonchev–Trinajstić information content (AvgIpc) is 2.89. The third-order valence-corrected chi connectivity index (χ3v) is 3.78. The Labute approximate surface area is 105 Å². The summed E-state index contributed by atoms with van der Waals surface area (Å²) in [5.74, 6) is -0.645. The number of nitrogen functional groups attached to an aromatic ring is 1. The fraction of sp³-hybridized carbons (Fsp3) is 0.222. The Morgan fingerprint density at radius 1 is 1.59 bits per heavy atom. The molecule has 0 aliphatic heterocycles. The van der Waals surface area contributed by atoms with Crippen molar-refractivity contribution in [1.82, 2.24) is 14.8 Å². The summed E-state index contributed by atoms with van der Waals surface area (Å²) in [6, 6.07) is 3.93. The van der Waals surface area contributed by atoms with Crippen molar-refractivity contribution in [3.8, 4) is 0 Å². The van der Waals surface area contributed by atoms with Crippen LogP contribution in [0.1, 0.15) is 4.88 Å². The first-order chi connectivity index (χ1) is 8.16. The van der Waals surface area contributed by atoms with Crippen molar-refractivity contribution in [3.63, 3.8) is 0 Å². The van der Waals surface area contributed by atoms with E-state index in [2.05, 4.69) is 10.2 Å². The molecule has 0 radical (unpaired) electrons. The van der Waals surface area contributed by atoms with E-state index in [1.807, 2.05) is 17.5 Å². The number of hydrogen-bond donors (Lipinski definition) is 2. The number of carbonyl (C=O) groups is 1. The SMILES string of the molecule is Nc1nnc(SCC(=O)O)n1Cc1cccs1. The number of carboxylic acids is 1. The molecule has 0 bridgehead atoms. The number of thiophene rings is 1. The van der Waals surface area contributed by atoms with Gasteiger partial charge in [-0.3, -0.25) is 9.36 Å². The van der Waals surface area contributed by atoms with Crippen molar-refractivity contribution in [3.05, 3.63) is 22.4 Å². The second-order valence-electron chi connectivity index (χ2n) is 3.19. The van der Waals surface area contributed by atoms with Gasteiger partial charge >= 0.3 is 5.97 Å². The molecule has 0 aromatic carbocycles. The van der Waals surface area contributed by atoms with Gasteiger partial charge in [-0.2, -0.15) is 0 Å². The van der Waals surface area contributed by atoms with Gasteiger partial charge in [-0.05, 0) is 11.4 Å². The summed E-state index contributed by atoms with van der Waals surface area (Å²) in [5, 5.41) is 18.7. The Bertz CT molecular complexity index is 509. The molecule has 2 aromatic rings. The monoisotopic (exact) mass is 270 g/mol. The molecule has 0 spiro atoms. The lowest BCUT2D eigenvalue weighted by Crippen LogP contribution is -2.06. The zero-order valence-corrected chi connectivity index (χ0v) is 10.4. The van der Waals surface area contributed by atoms with Gasteiger partial charge in [-0.25, -0.2) is 0 Å². The highest BCUT2D eigenvalue weighted by Gasteiger charge is 2.12. The van der Waals surface area contributed by atoms with Crippen molar-refractivity contribution >= 4 is 35.0 Å². The summed E-state index contributed by atoms with van der Waals surface area (Å²) < 4.78 is 1.71. The number of aliphatic carboxylic acids is 1. The predicted molar refractivity (Wildman–Crippen MR) is 66.2 cm³/mol. The van der Waals surface area contributed by atoms with E-state index in [-0.39, 0.29) is 5.75 Å². The first-order valence-electron chi connectivity index (χ1n) is 4.72. The molecular weight excluding hydrogens is 260 g/mol. The Balaban J connectivity index is 2.14. The van der Waals surface area contributed by atoms with E-state index >= 15 is 0 Å². The number of anilines is 1. The normalized spacial score (nSPS) is 10.6. The lowest BCUT2D eigenvalue weighted by atomic mass is 10.4. The zero-order valence-electron chi connectivity index (χ0n) is 8.74. The summed E-state index contributed by atoms with van der Waals surface area (Å²) in [4.78, 5) is 11.6. The number of nitrogens with zero attached hydrogens (tertiary/aromatic N) is 3. The van der Waals surface area contributed by atoms with Gasteiger partial charge in [0.1, 0.15) is 0 Å². The maximum atomic E-state index is 10.5. The first-order valence-corrected chi connectivity index (χ1v) is 6.59. The van der Waals surface area contributed by atoms with E-state index in [1.165, 1.54) is 0 Å². The van der Waals surface area contributed by atoms with Crippen molar-refractivity contribution in [2.75, 3.05) is 11.5 Å². The Kier molecular flexibility index (Phi) is 3.64. The van der Waals surface area contributed by atoms with Crippen LogP contribution >= 0.6 is 23.1 Å². The number of carboxylic acid groups (broad SMARTS) is 1. The van der Waals surface area contributed by atoms with Crippen LogP contribution in [-0.4, -0.2) is 31.6 Å². The van der Waals surface area contributed by atoms with Crippen molar-refractivity contribution in [2.24, 2.45) is 0 Å². The molecule has 0 amide bonds. The van der Waals surface area contributed by atoms with Crippen LogP contribution in [-0.2, 0) is 11.3 Å². The fourth-order valence-electron chi connectivity index (χ4n) is 1.24. The van der Waals surface area contributed by atoms with Crippen LogP contribution in [0.3, 0.4) is 0 Å². The first kappa shape index (κ1) is 11.9. The van der Waals surface area contributed by atoms with Crippen LogP contribution in [0.2, 0.25) is 0 Å². The highest BCUT2D eigenvalue weighted by molar-refractivity contribution is 7.99. The maximum absolute atomic E-state index is 10.5.